The van der Waals surface area contributed by atoms with Gasteiger partial charge >= 0.3 is 5.97 Å². The summed E-state index contributed by atoms with van der Waals surface area (Å²) in [6.07, 6.45) is 0. The molecule has 0 saturated heterocycles. The van der Waals surface area contributed by atoms with E-state index in [1.165, 1.54) is 6.07 Å². The van der Waals surface area contributed by atoms with Crippen LogP contribution in [0.3, 0.4) is 0 Å². The number of nitrogens with zero attached hydrogens (tertiary/aromatic N) is 1. The zero-order valence-electron chi connectivity index (χ0n) is 7.49. The number of carbonyl (C=O) groups excluding carboxylic acids is 1. The van der Waals surface area contributed by atoms with Gasteiger partial charge in [0.15, 0.2) is 0 Å². The van der Waals surface area contributed by atoms with Gasteiger partial charge in [-0.05, 0) is 6.07 Å². The SMILES string of the molecule is COC(=O)c1cc(Cl)c(Cl)c([N+](=O)[O-])c1. The molecule has 0 aromatic heterocycles. The molecule has 0 aliphatic heterocycles. The number of benzene rings is 1. The molecule has 0 aliphatic rings. The molecule has 0 radical (unpaired) electrons. The number of hydrogen-bond donors (Lipinski definition) is 0. The molecule has 0 aliphatic carbocycles. The Morgan fingerprint density at radius 1 is 1.47 bits per heavy atom. The lowest BCUT2D eigenvalue weighted by Crippen LogP contribution is -2.02. The van der Waals surface area contributed by atoms with E-state index < -0.39 is 16.6 Å². The number of esters is 1. The van der Waals surface area contributed by atoms with E-state index in [9.17, 15) is 14.9 Å². The van der Waals surface area contributed by atoms with E-state index in [1.807, 2.05) is 0 Å². The van der Waals surface area contributed by atoms with E-state index in [0.29, 0.717) is 0 Å². The highest BCUT2D eigenvalue weighted by Crippen LogP contribution is 2.33. The molecule has 1 aromatic rings. The number of halogens is 2. The van der Waals surface area contributed by atoms with Crippen LogP contribution in [0.1, 0.15) is 10.4 Å². The second-order valence-electron chi connectivity index (χ2n) is 2.54. The van der Waals surface area contributed by atoms with Crippen LogP contribution < -0.4 is 0 Å². The Morgan fingerprint density at radius 3 is 2.53 bits per heavy atom. The largest absolute Gasteiger partial charge is 0.465 e. The Balaban J connectivity index is 3.35. The molecule has 0 fully saturated rings. The third-order valence-electron chi connectivity index (χ3n) is 1.63. The highest BCUT2D eigenvalue weighted by Gasteiger charge is 2.20. The fourth-order valence-corrected chi connectivity index (χ4v) is 1.34. The highest BCUT2D eigenvalue weighted by molar-refractivity contribution is 6.43. The van der Waals surface area contributed by atoms with Crippen molar-refractivity contribution in [3.63, 3.8) is 0 Å². The molecule has 7 heteroatoms. The molecule has 0 saturated carbocycles. The summed E-state index contributed by atoms with van der Waals surface area (Å²) in [4.78, 5) is 20.9. The average Bonchev–Trinajstić information content (AvgIpc) is 2.20. The van der Waals surface area contributed by atoms with Crippen LogP contribution in [-0.2, 0) is 4.74 Å². The fraction of sp³-hybridized carbons (Fsp3) is 0.125. The summed E-state index contributed by atoms with van der Waals surface area (Å²) in [6.45, 7) is 0. The molecule has 1 aromatic carbocycles. The number of nitro benzene ring substituents is 1. The quantitative estimate of drug-likeness (QED) is 0.459. The zero-order valence-corrected chi connectivity index (χ0v) is 9.00. The van der Waals surface area contributed by atoms with Crippen molar-refractivity contribution in [1.29, 1.82) is 0 Å². The summed E-state index contributed by atoms with van der Waals surface area (Å²) in [5.41, 5.74) is -0.442. The van der Waals surface area contributed by atoms with Gasteiger partial charge in [-0.2, -0.15) is 0 Å². The predicted molar refractivity (Wildman–Crippen MR) is 54.5 cm³/mol. The molecule has 0 atom stereocenters. The van der Waals surface area contributed by atoms with Crippen LogP contribution in [0.4, 0.5) is 5.69 Å². The number of ether oxygens (including phenoxy) is 1. The molecule has 0 bridgehead atoms. The van der Waals surface area contributed by atoms with Crippen molar-refractivity contribution < 1.29 is 14.5 Å². The topological polar surface area (TPSA) is 69.4 Å². The molecule has 15 heavy (non-hydrogen) atoms. The summed E-state index contributed by atoms with van der Waals surface area (Å²) >= 11 is 11.2. The lowest BCUT2D eigenvalue weighted by Gasteiger charge is -2.02. The highest BCUT2D eigenvalue weighted by atomic mass is 35.5. The molecule has 0 N–H and O–H groups in total. The molecule has 80 valence electrons. The normalized spacial score (nSPS) is 9.80. The maximum atomic E-state index is 11.1. The van der Waals surface area contributed by atoms with Crippen molar-refractivity contribution in [1.82, 2.24) is 0 Å². The Hall–Kier alpha value is -1.33. The van der Waals surface area contributed by atoms with Crippen LogP contribution in [0.15, 0.2) is 12.1 Å². The molecule has 0 heterocycles. The summed E-state index contributed by atoms with van der Waals surface area (Å²) in [5.74, 6) is -0.711. The third-order valence-corrected chi connectivity index (χ3v) is 2.42. The van der Waals surface area contributed by atoms with Gasteiger partial charge in [-0.15, -0.1) is 0 Å². The van der Waals surface area contributed by atoms with Gasteiger partial charge in [0.25, 0.3) is 5.69 Å². The Bertz CT molecular complexity index is 433. The van der Waals surface area contributed by atoms with E-state index >= 15 is 0 Å². The lowest BCUT2D eigenvalue weighted by atomic mass is 10.2. The van der Waals surface area contributed by atoms with Gasteiger partial charge in [-0.1, -0.05) is 23.2 Å². The van der Waals surface area contributed by atoms with Crippen molar-refractivity contribution in [3.8, 4) is 0 Å². The second kappa shape index (κ2) is 4.46. The number of nitro groups is 1. The first kappa shape index (κ1) is 11.7. The van der Waals surface area contributed by atoms with Gasteiger partial charge in [0.2, 0.25) is 0 Å². The lowest BCUT2D eigenvalue weighted by molar-refractivity contribution is -0.384. The third kappa shape index (κ3) is 2.37. The van der Waals surface area contributed by atoms with Crippen LogP contribution in [0, 0.1) is 10.1 Å². The van der Waals surface area contributed by atoms with Crippen LogP contribution >= 0.6 is 23.2 Å². The van der Waals surface area contributed by atoms with E-state index in [0.717, 1.165) is 13.2 Å². The van der Waals surface area contributed by atoms with Gasteiger partial charge in [-0.25, -0.2) is 4.79 Å². The van der Waals surface area contributed by atoms with Crippen molar-refractivity contribution in [2.24, 2.45) is 0 Å². The Labute approximate surface area is 94.7 Å². The van der Waals surface area contributed by atoms with Crippen molar-refractivity contribution >= 4 is 34.9 Å². The van der Waals surface area contributed by atoms with Gasteiger partial charge in [0.1, 0.15) is 5.02 Å². The van der Waals surface area contributed by atoms with Crippen LogP contribution in [0.5, 0.6) is 0 Å². The van der Waals surface area contributed by atoms with E-state index in [1.54, 1.807) is 0 Å². The van der Waals surface area contributed by atoms with Crippen LogP contribution in [0.2, 0.25) is 10.0 Å². The van der Waals surface area contributed by atoms with Crippen molar-refractivity contribution in [2.45, 2.75) is 0 Å². The maximum Gasteiger partial charge on any atom is 0.338 e. The smallest absolute Gasteiger partial charge is 0.338 e. The number of rotatable bonds is 2. The van der Waals surface area contributed by atoms with E-state index in [2.05, 4.69) is 4.74 Å². The second-order valence-corrected chi connectivity index (χ2v) is 3.33. The fourth-order valence-electron chi connectivity index (χ4n) is 0.943. The van der Waals surface area contributed by atoms with Crippen molar-refractivity contribution in [2.75, 3.05) is 7.11 Å². The number of methoxy groups -OCH3 is 1. The minimum Gasteiger partial charge on any atom is -0.465 e. The van der Waals surface area contributed by atoms with Gasteiger partial charge in [0.05, 0.1) is 22.6 Å². The Morgan fingerprint density at radius 2 is 2.07 bits per heavy atom. The summed E-state index contributed by atoms with van der Waals surface area (Å²) in [5, 5.41) is 10.3. The predicted octanol–water partition coefficient (Wildman–Crippen LogP) is 2.69. The molecule has 0 amide bonds. The molecule has 0 spiro atoms. The first-order chi connectivity index (χ1) is 6.97. The summed E-state index contributed by atoms with van der Waals surface area (Å²) < 4.78 is 4.40. The van der Waals surface area contributed by atoms with Crippen LogP contribution in [0.25, 0.3) is 0 Å². The summed E-state index contributed by atoms with van der Waals surface area (Å²) in [7, 11) is 1.16. The molecule has 5 nitrogen and oxygen atoms in total. The maximum absolute atomic E-state index is 11.1. The van der Waals surface area contributed by atoms with Gasteiger partial charge in [-0.3, -0.25) is 10.1 Å². The zero-order chi connectivity index (χ0) is 11.6. The number of carbonyl (C=O) groups is 1. The number of hydrogen-bond acceptors (Lipinski definition) is 4. The standard InChI is InChI=1S/C8H5Cl2NO4/c1-15-8(12)4-2-5(9)7(10)6(3-4)11(13)14/h2-3H,1H3. The molecule has 1 rings (SSSR count). The molecular weight excluding hydrogens is 245 g/mol. The van der Waals surface area contributed by atoms with Crippen molar-refractivity contribution in [3.05, 3.63) is 37.9 Å². The average molecular weight is 250 g/mol. The molecule has 0 unspecified atom stereocenters. The monoisotopic (exact) mass is 249 g/mol. The Kier molecular flexibility index (Phi) is 3.49. The summed E-state index contributed by atoms with van der Waals surface area (Å²) in [6, 6.07) is 2.22. The van der Waals surface area contributed by atoms with Gasteiger partial charge < -0.3 is 4.74 Å². The van der Waals surface area contributed by atoms with Gasteiger partial charge in [0, 0.05) is 6.07 Å². The van der Waals surface area contributed by atoms with Crippen LogP contribution in [-0.4, -0.2) is 18.0 Å². The first-order valence-electron chi connectivity index (χ1n) is 3.69. The molecular formula is C8H5Cl2NO4. The van der Waals surface area contributed by atoms with E-state index in [4.69, 9.17) is 23.2 Å². The first-order valence-corrected chi connectivity index (χ1v) is 4.44. The minimum absolute atomic E-state index is 0.0152. The minimum atomic E-state index is -0.722. The van der Waals surface area contributed by atoms with E-state index in [-0.39, 0.29) is 15.6 Å².